The molecule has 0 saturated carbocycles. The third-order valence-electron chi connectivity index (χ3n) is 3.26. The van der Waals surface area contributed by atoms with Crippen molar-refractivity contribution in [2.24, 2.45) is 0 Å². The molecule has 0 aliphatic rings. The summed E-state index contributed by atoms with van der Waals surface area (Å²) in [5.74, 6) is -1.08. The fourth-order valence-electron chi connectivity index (χ4n) is 2.75. The maximum atomic E-state index is 8.89. The maximum Gasteiger partial charge on any atom is 0.132 e. The number of nitrogens with zero attached hydrogens (tertiary/aromatic N) is 1. The molecule has 0 amide bonds. The summed E-state index contributed by atoms with van der Waals surface area (Å²) in [6.07, 6.45) is 3.78. The van der Waals surface area contributed by atoms with Crippen LogP contribution in [0.5, 0.6) is 0 Å². The van der Waals surface area contributed by atoms with Crippen LogP contribution in [0.15, 0.2) is 30.3 Å². The second-order valence-corrected chi connectivity index (χ2v) is 5.14. The molecule has 0 bridgehead atoms. The van der Waals surface area contributed by atoms with Gasteiger partial charge in [0, 0.05) is 5.97 Å². The number of aliphatic carboxylic acids is 1. The first-order chi connectivity index (χ1) is 9.52. The highest BCUT2D eigenvalue weighted by atomic mass is 16.4. The Morgan fingerprint density at radius 3 is 1.60 bits per heavy atom. The zero-order valence-electron chi connectivity index (χ0n) is 13.4. The van der Waals surface area contributed by atoms with Crippen LogP contribution in [0.2, 0.25) is 0 Å². The molecule has 0 spiro atoms. The molecule has 0 aromatic heterocycles. The minimum atomic E-state index is -1.08. The summed E-state index contributed by atoms with van der Waals surface area (Å²) >= 11 is 0. The van der Waals surface area contributed by atoms with E-state index in [0.29, 0.717) is 0 Å². The molecule has 20 heavy (non-hydrogen) atoms. The molecular formula is C17H29NO2. The van der Waals surface area contributed by atoms with Gasteiger partial charge in [0.05, 0.1) is 19.6 Å². The Kier molecular flexibility index (Phi) is 9.73. The lowest BCUT2D eigenvalue weighted by molar-refractivity contribution is -0.302. The molecule has 0 aliphatic heterocycles. The molecule has 0 fully saturated rings. The van der Waals surface area contributed by atoms with Crippen molar-refractivity contribution in [3.05, 3.63) is 30.3 Å². The largest absolute Gasteiger partial charge is 0.550 e. The lowest BCUT2D eigenvalue weighted by Gasteiger charge is -2.38. The standard InChI is InChI=1S/C15H26N.C2H4O2/c1-4-12-16(13-5-2,14-6-3)15-10-8-7-9-11-15;1-2(3)4/h7-11H,4-6,12-14H2,1-3H3;1H3,(H,3,4)/q+1;/p-1. The van der Waals surface area contributed by atoms with Gasteiger partial charge in [-0.15, -0.1) is 0 Å². The van der Waals surface area contributed by atoms with Crippen molar-refractivity contribution in [3.8, 4) is 0 Å². The molecule has 1 aromatic rings. The summed E-state index contributed by atoms with van der Waals surface area (Å²) in [7, 11) is 0. The predicted octanol–water partition coefficient (Wildman–Crippen LogP) is 2.98. The molecule has 3 heteroatoms. The van der Waals surface area contributed by atoms with E-state index in [4.69, 9.17) is 9.90 Å². The zero-order valence-corrected chi connectivity index (χ0v) is 13.4. The van der Waals surface area contributed by atoms with Crippen LogP contribution in [0.4, 0.5) is 5.69 Å². The molecule has 0 N–H and O–H groups in total. The SMILES string of the molecule is CC(=O)[O-].CCC[N+](CCC)(CCC)c1ccccc1. The minimum absolute atomic E-state index is 0.972. The molecule has 0 radical (unpaired) electrons. The molecular weight excluding hydrogens is 250 g/mol. The number of hydrogen-bond donors (Lipinski definition) is 0. The second-order valence-electron chi connectivity index (χ2n) is 5.14. The molecule has 0 unspecified atom stereocenters. The van der Waals surface area contributed by atoms with Crippen molar-refractivity contribution in [2.45, 2.75) is 47.0 Å². The third kappa shape index (κ3) is 6.71. The Hall–Kier alpha value is -1.35. The Morgan fingerprint density at radius 1 is 0.950 bits per heavy atom. The average Bonchev–Trinajstić information content (AvgIpc) is 2.40. The number of carbonyl (C=O) groups excluding carboxylic acids is 1. The zero-order chi connectivity index (χ0) is 15.4. The van der Waals surface area contributed by atoms with Gasteiger partial charge < -0.3 is 9.90 Å². The van der Waals surface area contributed by atoms with Crippen LogP contribution in [0, 0.1) is 0 Å². The molecule has 0 atom stereocenters. The first-order valence-electron chi connectivity index (χ1n) is 7.61. The first kappa shape index (κ1) is 18.7. The molecule has 0 saturated heterocycles. The normalized spacial score (nSPS) is 10.6. The van der Waals surface area contributed by atoms with E-state index in [-0.39, 0.29) is 0 Å². The number of benzene rings is 1. The number of carboxylic acid groups (broad SMARTS) is 1. The Morgan fingerprint density at radius 2 is 1.30 bits per heavy atom. The van der Waals surface area contributed by atoms with Gasteiger partial charge in [0.25, 0.3) is 0 Å². The third-order valence-corrected chi connectivity index (χ3v) is 3.26. The minimum Gasteiger partial charge on any atom is -0.550 e. The Balaban J connectivity index is 0.000000796. The summed E-state index contributed by atoms with van der Waals surface area (Å²) < 4.78 is 1.17. The smallest absolute Gasteiger partial charge is 0.132 e. The van der Waals surface area contributed by atoms with Crippen LogP contribution < -0.4 is 9.59 Å². The molecule has 1 rings (SSSR count). The lowest BCUT2D eigenvalue weighted by Crippen LogP contribution is -2.51. The van der Waals surface area contributed by atoms with E-state index in [0.717, 1.165) is 6.92 Å². The summed E-state index contributed by atoms with van der Waals surface area (Å²) in [6, 6.07) is 11.0. The van der Waals surface area contributed by atoms with E-state index in [2.05, 4.69) is 51.1 Å². The van der Waals surface area contributed by atoms with Crippen LogP contribution in [-0.2, 0) is 4.79 Å². The summed E-state index contributed by atoms with van der Waals surface area (Å²) in [5, 5.41) is 8.89. The monoisotopic (exact) mass is 279 g/mol. The van der Waals surface area contributed by atoms with E-state index >= 15 is 0 Å². The summed E-state index contributed by atoms with van der Waals surface area (Å²) in [4.78, 5) is 8.89. The van der Waals surface area contributed by atoms with Crippen LogP contribution >= 0.6 is 0 Å². The number of hydrogen-bond acceptors (Lipinski definition) is 2. The van der Waals surface area contributed by atoms with Crippen molar-refractivity contribution in [3.63, 3.8) is 0 Å². The fraction of sp³-hybridized carbons (Fsp3) is 0.588. The fourth-order valence-corrected chi connectivity index (χ4v) is 2.75. The van der Waals surface area contributed by atoms with E-state index in [1.54, 1.807) is 0 Å². The van der Waals surface area contributed by atoms with E-state index in [1.165, 1.54) is 49.1 Å². The summed E-state index contributed by atoms with van der Waals surface area (Å²) in [5.41, 5.74) is 1.49. The van der Waals surface area contributed by atoms with Gasteiger partial charge in [0.2, 0.25) is 0 Å². The number of carboxylic acids is 1. The van der Waals surface area contributed by atoms with E-state index in [9.17, 15) is 0 Å². The van der Waals surface area contributed by atoms with Crippen molar-refractivity contribution in [1.82, 2.24) is 4.48 Å². The highest BCUT2D eigenvalue weighted by molar-refractivity contribution is 5.60. The number of carbonyl (C=O) groups is 1. The van der Waals surface area contributed by atoms with Gasteiger partial charge in [-0.25, -0.2) is 0 Å². The van der Waals surface area contributed by atoms with Crippen molar-refractivity contribution >= 4 is 11.7 Å². The molecule has 1 aromatic carbocycles. The van der Waals surface area contributed by atoms with Gasteiger partial charge >= 0.3 is 0 Å². The highest BCUT2D eigenvalue weighted by Crippen LogP contribution is 2.24. The van der Waals surface area contributed by atoms with Crippen molar-refractivity contribution < 1.29 is 9.90 Å². The van der Waals surface area contributed by atoms with Gasteiger partial charge in [0.15, 0.2) is 0 Å². The van der Waals surface area contributed by atoms with Crippen molar-refractivity contribution in [2.75, 3.05) is 19.6 Å². The number of quaternary nitrogens is 1. The predicted molar refractivity (Wildman–Crippen MR) is 84.4 cm³/mol. The van der Waals surface area contributed by atoms with Gasteiger partial charge in [-0.1, -0.05) is 39.0 Å². The molecule has 0 aliphatic carbocycles. The first-order valence-corrected chi connectivity index (χ1v) is 7.61. The van der Waals surface area contributed by atoms with Crippen LogP contribution in [0.3, 0.4) is 0 Å². The highest BCUT2D eigenvalue weighted by Gasteiger charge is 2.27. The molecule has 0 heterocycles. The van der Waals surface area contributed by atoms with Gasteiger partial charge in [-0.05, 0) is 38.3 Å². The number of para-hydroxylation sites is 1. The van der Waals surface area contributed by atoms with Crippen LogP contribution in [-0.4, -0.2) is 25.6 Å². The van der Waals surface area contributed by atoms with Crippen molar-refractivity contribution in [1.29, 1.82) is 0 Å². The second kappa shape index (κ2) is 10.4. The summed E-state index contributed by atoms with van der Waals surface area (Å²) in [6.45, 7) is 11.7. The topological polar surface area (TPSA) is 40.1 Å². The maximum absolute atomic E-state index is 8.89. The molecule has 3 nitrogen and oxygen atoms in total. The average molecular weight is 279 g/mol. The number of rotatable bonds is 7. The lowest BCUT2D eigenvalue weighted by atomic mass is 10.1. The Labute approximate surface area is 123 Å². The van der Waals surface area contributed by atoms with E-state index < -0.39 is 5.97 Å². The van der Waals surface area contributed by atoms with Gasteiger partial charge in [-0.3, -0.25) is 4.48 Å². The van der Waals surface area contributed by atoms with Gasteiger partial charge in [0.1, 0.15) is 5.69 Å². The van der Waals surface area contributed by atoms with E-state index in [1.807, 2.05) is 0 Å². The van der Waals surface area contributed by atoms with Crippen LogP contribution in [0.1, 0.15) is 47.0 Å². The Bertz CT molecular complexity index is 341. The van der Waals surface area contributed by atoms with Gasteiger partial charge in [-0.2, -0.15) is 0 Å². The molecule has 114 valence electrons. The van der Waals surface area contributed by atoms with Crippen LogP contribution in [0.25, 0.3) is 0 Å². The quantitative estimate of drug-likeness (QED) is 0.720.